The lowest BCUT2D eigenvalue weighted by atomic mass is 9.68. The molecule has 6 aliphatic rings. The van der Waals surface area contributed by atoms with E-state index in [-0.39, 0.29) is 18.5 Å². The molecule has 1 saturated heterocycles. The lowest BCUT2D eigenvalue weighted by Crippen LogP contribution is -2.46. The molecule has 6 rings (SSSR count). The fourth-order valence-corrected chi connectivity index (χ4v) is 12.2. The van der Waals surface area contributed by atoms with Crippen molar-refractivity contribution in [3.63, 3.8) is 0 Å². The first-order chi connectivity index (χ1) is 21.8. The van der Waals surface area contributed by atoms with Crippen molar-refractivity contribution in [2.75, 3.05) is 25.4 Å². The van der Waals surface area contributed by atoms with Gasteiger partial charge in [0, 0.05) is 24.6 Å². The third kappa shape index (κ3) is 8.69. The van der Waals surface area contributed by atoms with Gasteiger partial charge in [0.15, 0.2) is 11.9 Å². The Labute approximate surface area is 277 Å². The zero-order valence-electron chi connectivity index (χ0n) is 26.8. The minimum absolute atomic E-state index is 0.199. The van der Waals surface area contributed by atoms with Gasteiger partial charge in [-0.2, -0.15) is 4.21 Å². The van der Waals surface area contributed by atoms with Crippen molar-refractivity contribution in [3.05, 3.63) is 12.0 Å². The van der Waals surface area contributed by atoms with E-state index >= 15 is 0 Å². The maximum atomic E-state index is 11.3. The molecule has 4 saturated carbocycles. The SMILES string of the molecule is O=S(O)OCCCCN1C(=CC2=[N+](CCCCS(=O)(=O)[O-])C3C(CCC4CCCCC43)S2)OC2CCC(C3CCCCC3)CC21. The summed E-state index contributed by atoms with van der Waals surface area (Å²) in [7, 11) is -4.20. The maximum Gasteiger partial charge on any atom is 0.301 e. The van der Waals surface area contributed by atoms with E-state index in [1.807, 2.05) is 11.8 Å². The van der Waals surface area contributed by atoms with Crippen LogP contribution in [0.3, 0.4) is 0 Å². The van der Waals surface area contributed by atoms with Crippen LogP contribution >= 0.6 is 11.8 Å². The molecular weight excluding hydrogens is 633 g/mol. The normalized spacial score (nSPS) is 35.6. The van der Waals surface area contributed by atoms with Gasteiger partial charge in [-0.1, -0.05) is 44.9 Å². The Kier molecular flexibility index (Phi) is 11.9. The van der Waals surface area contributed by atoms with Crippen LogP contribution < -0.4 is 0 Å². The molecule has 9 nitrogen and oxygen atoms in total. The second kappa shape index (κ2) is 15.7. The van der Waals surface area contributed by atoms with Gasteiger partial charge in [0.05, 0.1) is 34.1 Å². The van der Waals surface area contributed by atoms with E-state index in [9.17, 15) is 17.2 Å². The van der Waals surface area contributed by atoms with E-state index in [0.29, 0.717) is 42.5 Å². The second-order valence-corrected chi connectivity index (χ2v) is 18.0. The summed E-state index contributed by atoms with van der Waals surface area (Å²) in [5, 5.41) is 1.80. The molecule has 2 aliphatic heterocycles. The van der Waals surface area contributed by atoms with E-state index < -0.39 is 21.5 Å². The Morgan fingerprint density at radius 1 is 0.956 bits per heavy atom. The first-order valence-electron chi connectivity index (χ1n) is 17.9. The largest absolute Gasteiger partial charge is 0.748 e. The van der Waals surface area contributed by atoms with E-state index in [4.69, 9.17) is 13.5 Å². The number of hydrogen-bond donors (Lipinski definition) is 1. The summed E-state index contributed by atoms with van der Waals surface area (Å²) in [5.41, 5.74) is 0. The van der Waals surface area contributed by atoms with Crippen molar-refractivity contribution < 1.29 is 35.2 Å². The summed E-state index contributed by atoms with van der Waals surface area (Å²) in [4.78, 5) is 2.51. The molecule has 45 heavy (non-hydrogen) atoms. The van der Waals surface area contributed by atoms with Gasteiger partial charge < -0.3 is 14.2 Å². The molecule has 0 aromatic carbocycles. The quantitative estimate of drug-likeness (QED) is 0.107. The Hall–Kier alpha value is -0.660. The van der Waals surface area contributed by atoms with Crippen molar-refractivity contribution in [2.45, 2.75) is 139 Å². The van der Waals surface area contributed by atoms with Crippen LogP contribution in [0.4, 0.5) is 0 Å². The standard InChI is InChI=1S/C33H54N2O7S3/c36-44(37)41-20-8-6-18-34-28-22-26(24-10-2-1-3-11-24)14-16-29(28)42-31(34)23-32-35(19-7-9-21-45(38,39)40)33-27-13-5-4-12-25(27)15-17-30(33)43-32/h23-30,33H,1-22H2,(H-,36,37,38,39,40). The molecule has 0 amide bonds. The smallest absolute Gasteiger partial charge is 0.301 e. The maximum absolute atomic E-state index is 11.3. The summed E-state index contributed by atoms with van der Waals surface area (Å²) < 4.78 is 68.4. The van der Waals surface area contributed by atoms with E-state index in [0.717, 1.165) is 49.6 Å². The van der Waals surface area contributed by atoms with Gasteiger partial charge in [-0.3, -0.25) is 8.74 Å². The highest BCUT2D eigenvalue weighted by atomic mass is 32.2. The van der Waals surface area contributed by atoms with Crippen molar-refractivity contribution in [1.29, 1.82) is 0 Å². The van der Waals surface area contributed by atoms with Crippen LogP contribution in [0.2, 0.25) is 0 Å². The Morgan fingerprint density at radius 2 is 1.71 bits per heavy atom. The van der Waals surface area contributed by atoms with Gasteiger partial charge in [0.2, 0.25) is 5.04 Å². The average Bonchev–Trinajstić information content (AvgIpc) is 3.55. The summed E-state index contributed by atoms with van der Waals surface area (Å²) in [6, 6.07) is 0.826. The minimum Gasteiger partial charge on any atom is -0.748 e. The number of ether oxygens (including phenoxy) is 1. The van der Waals surface area contributed by atoms with E-state index in [1.165, 1.54) is 88.5 Å². The Morgan fingerprint density at radius 3 is 2.51 bits per heavy atom. The van der Waals surface area contributed by atoms with Gasteiger partial charge in [-0.25, -0.2) is 13.0 Å². The molecule has 0 radical (unpaired) electrons. The summed E-state index contributed by atoms with van der Waals surface area (Å²) in [6.45, 7) is 1.88. The molecule has 8 unspecified atom stereocenters. The minimum atomic E-state index is -4.20. The third-order valence-electron chi connectivity index (χ3n) is 11.9. The number of rotatable bonds is 13. The summed E-state index contributed by atoms with van der Waals surface area (Å²) in [6.07, 6.45) is 23.3. The predicted molar refractivity (Wildman–Crippen MR) is 177 cm³/mol. The molecule has 1 N–H and O–H groups in total. The lowest BCUT2D eigenvalue weighted by molar-refractivity contribution is -0.573. The molecule has 12 heteroatoms. The fraction of sp³-hybridized carbons (Fsp3) is 0.909. The number of thioether (sulfide) groups is 1. The monoisotopic (exact) mass is 686 g/mol. The number of hydrogen-bond acceptors (Lipinski definition) is 8. The first kappa shape index (κ1) is 34.2. The molecule has 8 atom stereocenters. The number of unbranched alkanes of at least 4 members (excludes halogenated alkanes) is 2. The van der Waals surface area contributed by atoms with Crippen LogP contribution in [0.15, 0.2) is 12.0 Å². The van der Waals surface area contributed by atoms with Gasteiger partial charge in [-0.05, 0) is 93.7 Å². The Balaban J connectivity index is 1.24. The Bertz CT molecular complexity index is 1200. The zero-order valence-corrected chi connectivity index (χ0v) is 29.2. The lowest BCUT2D eigenvalue weighted by Gasteiger charge is -2.40. The topological polar surface area (TPSA) is 119 Å². The average molecular weight is 687 g/mol. The van der Waals surface area contributed by atoms with Crippen molar-refractivity contribution >= 4 is 38.3 Å². The molecule has 2 heterocycles. The first-order valence-corrected chi connectivity index (χ1v) is 21.4. The van der Waals surface area contributed by atoms with Crippen LogP contribution in [0, 0.1) is 23.7 Å². The van der Waals surface area contributed by atoms with Crippen LogP contribution in [0.1, 0.15) is 116 Å². The summed E-state index contributed by atoms with van der Waals surface area (Å²) >= 11 is -0.227. The molecule has 0 spiro atoms. The molecule has 4 aliphatic carbocycles. The third-order valence-corrected chi connectivity index (χ3v) is 14.4. The van der Waals surface area contributed by atoms with Gasteiger partial charge >= 0.3 is 11.4 Å². The van der Waals surface area contributed by atoms with Crippen molar-refractivity contribution in [3.8, 4) is 0 Å². The van der Waals surface area contributed by atoms with E-state index in [2.05, 4.69) is 15.6 Å². The van der Waals surface area contributed by atoms with Gasteiger partial charge in [0.25, 0.3) is 0 Å². The van der Waals surface area contributed by atoms with Crippen LogP contribution in [-0.4, -0.2) is 85.1 Å². The highest BCUT2D eigenvalue weighted by Crippen LogP contribution is 2.49. The van der Waals surface area contributed by atoms with Crippen LogP contribution in [-0.2, 0) is 30.4 Å². The van der Waals surface area contributed by atoms with Gasteiger partial charge in [-0.15, -0.1) is 0 Å². The second-order valence-electron chi connectivity index (χ2n) is 14.6. The zero-order chi connectivity index (χ0) is 31.4. The highest BCUT2D eigenvalue weighted by molar-refractivity contribution is 8.14. The van der Waals surface area contributed by atoms with Crippen molar-refractivity contribution in [2.24, 2.45) is 23.7 Å². The summed E-state index contributed by atoms with van der Waals surface area (Å²) in [5.74, 6) is 3.73. The van der Waals surface area contributed by atoms with Crippen LogP contribution in [0.5, 0.6) is 0 Å². The number of nitrogens with zero attached hydrogens (tertiary/aromatic N) is 2. The predicted octanol–water partition coefficient (Wildman–Crippen LogP) is 6.03. The molecule has 256 valence electrons. The van der Waals surface area contributed by atoms with Crippen molar-refractivity contribution in [1.82, 2.24) is 4.90 Å². The molecule has 5 fully saturated rings. The molecule has 0 bridgehead atoms. The molecule has 0 aromatic heterocycles. The van der Waals surface area contributed by atoms with Gasteiger partial charge in [0.1, 0.15) is 12.6 Å². The fourth-order valence-electron chi connectivity index (χ4n) is 9.79. The molecule has 0 aromatic rings. The molecular formula is C33H54N2O7S3. The highest BCUT2D eigenvalue weighted by Gasteiger charge is 2.53. The number of fused-ring (bicyclic) bond motifs is 4. The van der Waals surface area contributed by atoms with Crippen LogP contribution in [0.25, 0.3) is 0 Å². The van der Waals surface area contributed by atoms with E-state index in [1.54, 1.807) is 0 Å².